The van der Waals surface area contributed by atoms with Gasteiger partial charge in [-0.15, -0.1) is 0 Å². The Balaban J connectivity index is 1.57. The number of halogens is 3. The van der Waals surface area contributed by atoms with Gasteiger partial charge in [0.15, 0.2) is 11.5 Å². The van der Waals surface area contributed by atoms with Gasteiger partial charge in [-0.3, -0.25) is 14.5 Å². The first kappa shape index (κ1) is 28.3. The lowest BCUT2D eigenvalue weighted by Crippen LogP contribution is -2.27. The number of imide groups is 1. The number of hydrogen-bond acceptors (Lipinski definition) is 7. The van der Waals surface area contributed by atoms with E-state index in [0.717, 1.165) is 16.7 Å². The number of methoxy groups -OCH3 is 1. The maximum Gasteiger partial charge on any atom is 0.343 e. The molecule has 3 aromatic rings. The Morgan fingerprint density at radius 2 is 1.79 bits per heavy atom. The molecule has 3 aromatic carbocycles. The van der Waals surface area contributed by atoms with E-state index in [-0.39, 0.29) is 17.2 Å². The minimum absolute atomic E-state index is 0.0703. The van der Waals surface area contributed by atoms with Crippen molar-refractivity contribution in [1.82, 2.24) is 4.90 Å². The number of ether oxygens (including phenoxy) is 3. The normalized spacial score (nSPS) is 14.2. The molecule has 196 valence electrons. The van der Waals surface area contributed by atoms with Crippen molar-refractivity contribution in [3.8, 4) is 17.2 Å². The maximum absolute atomic E-state index is 13.0. The van der Waals surface area contributed by atoms with E-state index in [1.54, 1.807) is 67.8 Å². The second-order valence-corrected chi connectivity index (χ2v) is 10.9. The lowest BCUT2D eigenvalue weighted by atomic mass is 10.1. The molecule has 38 heavy (non-hydrogen) atoms. The second kappa shape index (κ2) is 12.4. The number of esters is 1. The summed E-state index contributed by atoms with van der Waals surface area (Å²) in [6.07, 6.45) is 1.61. The van der Waals surface area contributed by atoms with Gasteiger partial charge in [-0.25, -0.2) is 4.79 Å². The summed E-state index contributed by atoms with van der Waals surface area (Å²) in [7, 11) is 1.54. The predicted molar refractivity (Wildman–Crippen MR) is 156 cm³/mol. The zero-order chi connectivity index (χ0) is 27.4. The molecule has 1 fully saturated rings. The van der Waals surface area contributed by atoms with Gasteiger partial charge in [-0.05, 0) is 107 Å². The molecule has 0 radical (unpaired) electrons. The SMILES string of the molecule is CCOc1cc(/C=C2\SC(=O)N(Cc3ccc(Cl)c(Cl)c3)C2=O)cc(I)c1OC(=O)c1ccc(OC)cc1. The number of amides is 2. The molecule has 0 atom stereocenters. The fraction of sp³-hybridized carbons (Fsp3) is 0.148. The summed E-state index contributed by atoms with van der Waals surface area (Å²) >= 11 is 14.9. The van der Waals surface area contributed by atoms with E-state index in [0.29, 0.717) is 48.4 Å². The van der Waals surface area contributed by atoms with Crippen LogP contribution in [0.15, 0.2) is 59.5 Å². The van der Waals surface area contributed by atoms with Crippen molar-refractivity contribution in [2.45, 2.75) is 13.5 Å². The summed E-state index contributed by atoms with van der Waals surface area (Å²) in [5.41, 5.74) is 1.64. The maximum atomic E-state index is 13.0. The molecule has 0 aliphatic carbocycles. The van der Waals surface area contributed by atoms with Gasteiger partial charge in [0.25, 0.3) is 11.1 Å². The number of hydrogen-bond donors (Lipinski definition) is 0. The third kappa shape index (κ3) is 6.45. The third-order valence-corrected chi connectivity index (χ3v) is 7.80. The van der Waals surface area contributed by atoms with Crippen molar-refractivity contribution in [2.75, 3.05) is 13.7 Å². The van der Waals surface area contributed by atoms with Gasteiger partial charge >= 0.3 is 5.97 Å². The zero-order valence-electron chi connectivity index (χ0n) is 20.1. The molecule has 1 heterocycles. The van der Waals surface area contributed by atoms with E-state index in [1.807, 2.05) is 29.5 Å². The van der Waals surface area contributed by atoms with E-state index in [9.17, 15) is 14.4 Å². The standard InChI is InChI=1S/C27H20Cl2INO6S/c1-3-36-22-12-16(11-21(30)24(22)37-26(33)17-5-7-18(35-2)8-6-17)13-23-25(32)31(27(34)38-23)14-15-4-9-19(28)20(29)10-15/h4-13H,3,14H2,1-2H3/b23-13-. The van der Waals surface area contributed by atoms with E-state index in [4.69, 9.17) is 37.4 Å². The summed E-state index contributed by atoms with van der Waals surface area (Å²) in [5.74, 6) is 0.245. The van der Waals surface area contributed by atoms with Gasteiger partial charge in [0.05, 0.1) is 44.3 Å². The minimum Gasteiger partial charge on any atom is -0.497 e. The number of carbonyl (C=O) groups is 3. The molecule has 2 amide bonds. The van der Waals surface area contributed by atoms with Gasteiger partial charge < -0.3 is 14.2 Å². The van der Waals surface area contributed by atoms with Crippen molar-refractivity contribution in [2.24, 2.45) is 0 Å². The predicted octanol–water partition coefficient (Wildman–Crippen LogP) is 7.46. The van der Waals surface area contributed by atoms with E-state index >= 15 is 0 Å². The topological polar surface area (TPSA) is 82.1 Å². The first-order valence-electron chi connectivity index (χ1n) is 11.2. The quantitative estimate of drug-likeness (QED) is 0.106. The van der Waals surface area contributed by atoms with Crippen LogP contribution in [0.1, 0.15) is 28.4 Å². The summed E-state index contributed by atoms with van der Waals surface area (Å²) < 4.78 is 17.1. The molecule has 0 bridgehead atoms. The molecule has 7 nitrogen and oxygen atoms in total. The Morgan fingerprint density at radius 3 is 2.45 bits per heavy atom. The summed E-state index contributed by atoms with van der Waals surface area (Å²) in [5, 5.41) is 0.344. The van der Waals surface area contributed by atoms with Crippen molar-refractivity contribution >= 4 is 80.7 Å². The molecule has 1 aliphatic heterocycles. The molecular formula is C27H20Cl2INO6S. The Hall–Kier alpha value is -2.73. The molecular weight excluding hydrogens is 664 g/mol. The van der Waals surface area contributed by atoms with Crippen LogP contribution >= 0.6 is 57.6 Å². The van der Waals surface area contributed by atoms with Crippen LogP contribution < -0.4 is 14.2 Å². The van der Waals surface area contributed by atoms with Crippen LogP contribution in [0.4, 0.5) is 4.79 Å². The van der Waals surface area contributed by atoms with Crippen LogP contribution in [-0.4, -0.2) is 35.7 Å². The van der Waals surface area contributed by atoms with Crippen LogP contribution in [0.5, 0.6) is 17.2 Å². The van der Waals surface area contributed by atoms with Gasteiger partial charge in [0.2, 0.25) is 0 Å². The van der Waals surface area contributed by atoms with Gasteiger partial charge in [0, 0.05) is 0 Å². The van der Waals surface area contributed by atoms with Crippen molar-refractivity contribution < 1.29 is 28.6 Å². The number of rotatable bonds is 8. The van der Waals surface area contributed by atoms with E-state index in [2.05, 4.69) is 0 Å². The monoisotopic (exact) mass is 683 g/mol. The molecule has 11 heteroatoms. The van der Waals surface area contributed by atoms with E-state index < -0.39 is 17.1 Å². The largest absolute Gasteiger partial charge is 0.497 e. The number of benzene rings is 3. The van der Waals surface area contributed by atoms with Gasteiger partial charge in [0.1, 0.15) is 5.75 Å². The molecule has 0 spiro atoms. The highest BCUT2D eigenvalue weighted by atomic mass is 127. The highest BCUT2D eigenvalue weighted by molar-refractivity contribution is 14.1. The third-order valence-electron chi connectivity index (χ3n) is 5.35. The van der Waals surface area contributed by atoms with Crippen LogP contribution in [0.3, 0.4) is 0 Å². The van der Waals surface area contributed by atoms with Gasteiger partial charge in [-0.1, -0.05) is 29.3 Å². The Labute approximate surface area is 247 Å². The first-order chi connectivity index (χ1) is 18.2. The lowest BCUT2D eigenvalue weighted by molar-refractivity contribution is -0.123. The summed E-state index contributed by atoms with van der Waals surface area (Å²) in [6, 6.07) is 14.9. The minimum atomic E-state index is -0.553. The Bertz CT molecular complexity index is 1440. The number of carbonyl (C=O) groups excluding carboxylic acids is 3. The van der Waals surface area contributed by atoms with Crippen molar-refractivity contribution in [3.05, 3.63) is 89.8 Å². The van der Waals surface area contributed by atoms with Crippen LogP contribution in [-0.2, 0) is 11.3 Å². The first-order valence-corrected chi connectivity index (χ1v) is 13.9. The lowest BCUT2D eigenvalue weighted by Gasteiger charge is -2.14. The highest BCUT2D eigenvalue weighted by Gasteiger charge is 2.35. The average molecular weight is 684 g/mol. The Morgan fingerprint density at radius 1 is 1.05 bits per heavy atom. The molecule has 0 aromatic heterocycles. The van der Waals surface area contributed by atoms with Gasteiger partial charge in [-0.2, -0.15) is 0 Å². The summed E-state index contributed by atoms with van der Waals surface area (Å²) in [4.78, 5) is 39.8. The average Bonchev–Trinajstić information content (AvgIpc) is 3.15. The molecule has 0 N–H and O–H groups in total. The fourth-order valence-corrected chi connectivity index (χ4v) is 5.41. The number of nitrogens with zero attached hydrogens (tertiary/aromatic N) is 1. The van der Waals surface area contributed by atoms with Crippen LogP contribution in [0, 0.1) is 3.57 Å². The highest BCUT2D eigenvalue weighted by Crippen LogP contribution is 2.38. The smallest absolute Gasteiger partial charge is 0.343 e. The zero-order valence-corrected chi connectivity index (χ0v) is 24.6. The Kier molecular flexibility index (Phi) is 9.24. The van der Waals surface area contributed by atoms with Crippen molar-refractivity contribution in [3.63, 3.8) is 0 Å². The molecule has 0 unspecified atom stereocenters. The van der Waals surface area contributed by atoms with Crippen LogP contribution in [0.2, 0.25) is 10.0 Å². The van der Waals surface area contributed by atoms with Crippen molar-refractivity contribution in [1.29, 1.82) is 0 Å². The second-order valence-electron chi connectivity index (χ2n) is 7.90. The molecule has 1 aliphatic rings. The fourth-order valence-electron chi connectivity index (χ4n) is 3.52. The summed E-state index contributed by atoms with van der Waals surface area (Å²) in [6.45, 7) is 2.21. The molecule has 1 saturated heterocycles. The van der Waals surface area contributed by atoms with E-state index in [1.165, 1.54) is 0 Å². The molecule has 0 saturated carbocycles. The van der Waals surface area contributed by atoms with Crippen LogP contribution in [0.25, 0.3) is 6.08 Å². The molecule has 4 rings (SSSR count). The number of thioether (sulfide) groups is 1.